The lowest BCUT2D eigenvalue weighted by Gasteiger charge is -2.03. The van der Waals surface area contributed by atoms with Gasteiger partial charge in [0.1, 0.15) is 0 Å². The molecular formula is C11H17BrN2O3. The average molecular weight is 305 g/mol. The van der Waals surface area contributed by atoms with E-state index >= 15 is 0 Å². The summed E-state index contributed by atoms with van der Waals surface area (Å²) in [5.74, 6) is -0.882. The Morgan fingerprint density at radius 1 is 1.41 bits per heavy atom. The second-order valence-corrected chi connectivity index (χ2v) is 3.69. The maximum atomic E-state index is 11.5. The van der Waals surface area contributed by atoms with Crippen LogP contribution in [-0.2, 0) is 4.74 Å². The Morgan fingerprint density at radius 2 is 1.94 bits per heavy atom. The van der Waals surface area contributed by atoms with Crippen LogP contribution in [0.4, 0.5) is 0 Å². The zero-order valence-electron chi connectivity index (χ0n) is 10.7. The zero-order chi connectivity index (χ0) is 13.6. The van der Waals surface area contributed by atoms with E-state index in [2.05, 4.69) is 21.0 Å². The van der Waals surface area contributed by atoms with Crippen molar-refractivity contribution in [1.29, 1.82) is 0 Å². The molecule has 0 aliphatic heterocycles. The topological polar surface area (TPSA) is 61.2 Å². The quantitative estimate of drug-likeness (QED) is 0.788. The van der Waals surface area contributed by atoms with E-state index in [1.165, 1.54) is 6.92 Å². The molecule has 0 N–H and O–H groups in total. The Balaban J connectivity index is 0.00000121. The number of hydrogen-bond donors (Lipinski definition) is 0. The monoisotopic (exact) mass is 304 g/mol. The smallest absolute Gasteiger partial charge is 0.358 e. The van der Waals surface area contributed by atoms with Gasteiger partial charge in [-0.05, 0) is 29.8 Å². The first-order valence-electron chi connectivity index (χ1n) is 5.42. The molecule has 5 nitrogen and oxygen atoms in total. The number of carbonyl (C=O) groups excluding carboxylic acids is 2. The van der Waals surface area contributed by atoms with E-state index in [0.717, 1.165) is 4.68 Å². The van der Waals surface area contributed by atoms with Gasteiger partial charge < -0.3 is 4.74 Å². The number of nitrogens with zero attached hydrogens (tertiary/aromatic N) is 2. The third-order valence-electron chi connectivity index (χ3n) is 1.75. The van der Waals surface area contributed by atoms with Gasteiger partial charge in [-0.15, -0.1) is 0 Å². The van der Waals surface area contributed by atoms with Crippen LogP contribution in [0.15, 0.2) is 4.47 Å². The van der Waals surface area contributed by atoms with Gasteiger partial charge in [-0.25, -0.2) is 4.79 Å². The minimum atomic E-state index is -0.555. The Kier molecular flexibility index (Phi) is 6.72. The van der Waals surface area contributed by atoms with Gasteiger partial charge >= 0.3 is 5.97 Å². The van der Waals surface area contributed by atoms with E-state index in [4.69, 9.17) is 4.74 Å². The Labute approximate surface area is 109 Å². The van der Waals surface area contributed by atoms with Crippen LogP contribution in [0, 0.1) is 6.92 Å². The molecule has 0 aliphatic carbocycles. The molecule has 1 heterocycles. The second kappa shape index (κ2) is 7.21. The van der Waals surface area contributed by atoms with Crippen LogP contribution in [0.1, 0.15) is 48.7 Å². The van der Waals surface area contributed by atoms with Crippen molar-refractivity contribution in [3.05, 3.63) is 15.9 Å². The summed E-state index contributed by atoms with van der Waals surface area (Å²) in [5.41, 5.74) is 0.718. The van der Waals surface area contributed by atoms with Crippen molar-refractivity contribution in [3.8, 4) is 0 Å². The van der Waals surface area contributed by atoms with Gasteiger partial charge in [0.25, 0.3) is 0 Å². The summed E-state index contributed by atoms with van der Waals surface area (Å²) < 4.78 is 6.37. The number of rotatable bonds is 2. The van der Waals surface area contributed by atoms with Crippen LogP contribution >= 0.6 is 15.9 Å². The predicted octanol–water partition coefficient (Wildman–Crippen LogP) is 2.82. The largest absolute Gasteiger partial charge is 0.461 e. The van der Waals surface area contributed by atoms with Crippen LogP contribution in [-0.4, -0.2) is 28.3 Å². The summed E-state index contributed by atoms with van der Waals surface area (Å²) in [6, 6.07) is 0. The zero-order valence-corrected chi connectivity index (χ0v) is 12.3. The molecular weight excluding hydrogens is 288 g/mol. The Bertz CT molecular complexity index is 413. The number of carbonyl (C=O) groups is 2. The molecule has 6 heteroatoms. The number of halogens is 1. The molecule has 0 atom stereocenters. The SMILES string of the molecule is CC.CCOC(=O)c1c(Br)c(C)nn1C(C)=O. The van der Waals surface area contributed by atoms with Crippen LogP contribution in [0.25, 0.3) is 0 Å². The number of aromatic nitrogens is 2. The first-order valence-corrected chi connectivity index (χ1v) is 6.21. The van der Waals surface area contributed by atoms with Crippen molar-refractivity contribution >= 4 is 27.8 Å². The fourth-order valence-corrected chi connectivity index (χ4v) is 1.52. The number of esters is 1. The molecule has 0 spiro atoms. The lowest BCUT2D eigenvalue weighted by Crippen LogP contribution is -2.17. The van der Waals surface area contributed by atoms with E-state index in [0.29, 0.717) is 10.2 Å². The molecule has 0 aromatic carbocycles. The van der Waals surface area contributed by atoms with Crippen molar-refractivity contribution in [1.82, 2.24) is 9.78 Å². The molecule has 17 heavy (non-hydrogen) atoms. The van der Waals surface area contributed by atoms with E-state index < -0.39 is 5.97 Å². The summed E-state index contributed by atoms with van der Waals surface area (Å²) >= 11 is 3.20. The van der Waals surface area contributed by atoms with Gasteiger partial charge in [-0.1, -0.05) is 13.8 Å². The normalized spacial score (nSPS) is 9.29. The van der Waals surface area contributed by atoms with E-state index in [-0.39, 0.29) is 18.2 Å². The maximum Gasteiger partial charge on any atom is 0.358 e. The highest BCUT2D eigenvalue weighted by Gasteiger charge is 2.23. The second-order valence-electron chi connectivity index (χ2n) is 2.90. The minimum Gasteiger partial charge on any atom is -0.461 e. The maximum absolute atomic E-state index is 11.5. The molecule has 0 saturated heterocycles. The van der Waals surface area contributed by atoms with Crippen molar-refractivity contribution in [2.24, 2.45) is 0 Å². The lowest BCUT2D eigenvalue weighted by molar-refractivity contribution is 0.0505. The molecule has 0 saturated carbocycles. The molecule has 96 valence electrons. The first-order chi connectivity index (χ1) is 7.99. The summed E-state index contributed by atoms with van der Waals surface area (Å²) in [4.78, 5) is 22.8. The van der Waals surface area contributed by atoms with E-state index in [1.807, 2.05) is 13.8 Å². The van der Waals surface area contributed by atoms with Gasteiger partial charge in [-0.2, -0.15) is 9.78 Å². The van der Waals surface area contributed by atoms with E-state index in [1.54, 1.807) is 13.8 Å². The first kappa shape index (κ1) is 15.8. The molecule has 0 radical (unpaired) electrons. The van der Waals surface area contributed by atoms with E-state index in [9.17, 15) is 9.59 Å². The molecule has 0 amide bonds. The van der Waals surface area contributed by atoms with Crippen LogP contribution in [0.2, 0.25) is 0 Å². The molecule has 0 fully saturated rings. The summed E-state index contributed by atoms with van der Waals surface area (Å²) in [7, 11) is 0. The molecule has 1 aromatic heterocycles. The fraction of sp³-hybridized carbons (Fsp3) is 0.545. The third-order valence-corrected chi connectivity index (χ3v) is 2.70. The summed E-state index contributed by atoms with van der Waals surface area (Å²) in [5, 5.41) is 3.93. The number of hydrogen-bond acceptors (Lipinski definition) is 4. The highest BCUT2D eigenvalue weighted by Crippen LogP contribution is 2.21. The van der Waals surface area contributed by atoms with Crippen molar-refractivity contribution in [3.63, 3.8) is 0 Å². The Morgan fingerprint density at radius 3 is 2.35 bits per heavy atom. The fourth-order valence-electron chi connectivity index (χ4n) is 1.11. The predicted molar refractivity (Wildman–Crippen MR) is 68.3 cm³/mol. The summed E-state index contributed by atoms with van der Waals surface area (Å²) in [6.45, 7) is 8.99. The summed E-state index contributed by atoms with van der Waals surface area (Å²) in [6.07, 6.45) is 0. The number of aryl methyl sites for hydroxylation is 1. The number of ether oxygens (including phenoxy) is 1. The Hall–Kier alpha value is -1.17. The lowest BCUT2D eigenvalue weighted by atomic mass is 10.3. The van der Waals surface area contributed by atoms with Gasteiger partial charge in [0.2, 0.25) is 5.91 Å². The highest BCUT2D eigenvalue weighted by molar-refractivity contribution is 9.10. The van der Waals surface area contributed by atoms with Crippen molar-refractivity contribution in [2.45, 2.75) is 34.6 Å². The minimum absolute atomic E-state index is 0.141. The van der Waals surface area contributed by atoms with Crippen molar-refractivity contribution in [2.75, 3.05) is 6.61 Å². The standard InChI is InChI=1S/C9H11BrN2O3.C2H6/c1-4-15-9(14)8-7(10)5(2)11-12(8)6(3)13;1-2/h4H2,1-3H3;1-2H3. The highest BCUT2D eigenvalue weighted by atomic mass is 79.9. The van der Waals surface area contributed by atoms with Crippen LogP contribution in [0.3, 0.4) is 0 Å². The third kappa shape index (κ3) is 3.66. The molecule has 1 rings (SSSR count). The van der Waals surface area contributed by atoms with Crippen LogP contribution in [0.5, 0.6) is 0 Å². The van der Waals surface area contributed by atoms with Gasteiger partial charge in [0, 0.05) is 6.92 Å². The van der Waals surface area contributed by atoms with Crippen molar-refractivity contribution < 1.29 is 14.3 Å². The molecule has 1 aromatic rings. The van der Waals surface area contributed by atoms with Crippen LogP contribution < -0.4 is 0 Å². The van der Waals surface area contributed by atoms with Gasteiger partial charge in [0.05, 0.1) is 16.8 Å². The molecule has 0 unspecified atom stereocenters. The van der Waals surface area contributed by atoms with Gasteiger partial charge in [-0.3, -0.25) is 4.79 Å². The van der Waals surface area contributed by atoms with Gasteiger partial charge in [0.15, 0.2) is 5.69 Å². The average Bonchev–Trinajstić information content (AvgIpc) is 2.59. The molecule has 0 bridgehead atoms. The molecule has 0 aliphatic rings.